The summed E-state index contributed by atoms with van der Waals surface area (Å²) in [4.78, 5) is 16.4. The van der Waals surface area contributed by atoms with Crippen LogP contribution in [0, 0.1) is 0 Å². The van der Waals surface area contributed by atoms with Crippen LogP contribution in [0.3, 0.4) is 0 Å². The van der Waals surface area contributed by atoms with Crippen LogP contribution in [0.1, 0.15) is 18.9 Å². The van der Waals surface area contributed by atoms with Crippen molar-refractivity contribution in [1.29, 1.82) is 0 Å². The minimum Gasteiger partial charge on any atom is -0.493 e. The number of amides is 1. The van der Waals surface area contributed by atoms with E-state index in [4.69, 9.17) is 9.47 Å². The first-order valence-corrected chi connectivity index (χ1v) is 8.85. The first-order chi connectivity index (χ1) is 12.5. The third kappa shape index (κ3) is 5.41. The second-order valence-corrected chi connectivity index (χ2v) is 6.22. The number of ether oxygens (including phenoxy) is 2. The van der Waals surface area contributed by atoms with E-state index in [1.807, 2.05) is 50.2 Å². The average molecular weight is 356 g/mol. The highest BCUT2D eigenvalue weighted by molar-refractivity contribution is 5.76. The van der Waals surface area contributed by atoms with Crippen molar-refractivity contribution in [3.63, 3.8) is 0 Å². The van der Waals surface area contributed by atoms with Crippen LogP contribution in [0.2, 0.25) is 0 Å². The van der Waals surface area contributed by atoms with Gasteiger partial charge in [-0.25, -0.2) is 0 Å². The van der Waals surface area contributed by atoms with Gasteiger partial charge in [-0.3, -0.25) is 4.79 Å². The number of nitrogens with zero attached hydrogens (tertiary/aromatic N) is 2. The van der Waals surface area contributed by atoms with E-state index in [0.29, 0.717) is 37.6 Å². The number of anilines is 1. The normalized spacial score (nSPS) is 10.3. The molecule has 0 aromatic heterocycles. The Hall–Kier alpha value is -2.69. The van der Waals surface area contributed by atoms with E-state index in [1.54, 1.807) is 7.11 Å². The molecule has 0 N–H and O–H groups in total. The zero-order chi connectivity index (χ0) is 18.9. The van der Waals surface area contributed by atoms with Crippen molar-refractivity contribution in [3.8, 4) is 11.5 Å². The molecule has 1 amide bonds. The van der Waals surface area contributed by atoms with E-state index >= 15 is 0 Å². The van der Waals surface area contributed by atoms with Crippen LogP contribution >= 0.6 is 0 Å². The fourth-order valence-electron chi connectivity index (χ4n) is 2.64. The summed E-state index contributed by atoms with van der Waals surface area (Å²) in [6, 6.07) is 15.7. The number of hydrogen-bond acceptors (Lipinski definition) is 4. The van der Waals surface area contributed by atoms with Crippen LogP contribution in [0.25, 0.3) is 0 Å². The zero-order valence-corrected chi connectivity index (χ0v) is 16.1. The Morgan fingerprint density at radius 2 is 1.65 bits per heavy atom. The van der Waals surface area contributed by atoms with Crippen LogP contribution in [-0.2, 0) is 11.3 Å². The van der Waals surface area contributed by atoms with E-state index < -0.39 is 0 Å². The molecule has 0 heterocycles. The Morgan fingerprint density at radius 1 is 1.00 bits per heavy atom. The van der Waals surface area contributed by atoms with Crippen LogP contribution in [0.5, 0.6) is 11.5 Å². The van der Waals surface area contributed by atoms with Gasteiger partial charge in [0.1, 0.15) is 0 Å². The number of rotatable bonds is 9. The Kier molecular flexibility index (Phi) is 7.33. The molecule has 0 radical (unpaired) electrons. The van der Waals surface area contributed by atoms with Crippen LogP contribution in [0.4, 0.5) is 5.69 Å². The summed E-state index contributed by atoms with van der Waals surface area (Å²) in [6.45, 7) is 3.60. The van der Waals surface area contributed by atoms with Crippen LogP contribution in [-0.4, -0.2) is 45.2 Å². The van der Waals surface area contributed by atoms with Gasteiger partial charge in [0, 0.05) is 32.9 Å². The number of carbonyl (C=O) groups is 1. The molecule has 140 valence electrons. The molecule has 0 aliphatic rings. The van der Waals surface area contributed by atoms with E-state index in [2.05, 4.69) is 29.2 Å². The maximum absolute atomic E-state index is 12.5. The maximum Gasteiger partial charge on any atom is 0.226 e. The zero-order valence-electron chi connectivity index (χ0n) is 16.1. The van der Waals surface area contributed by atoms with Crippen molar-refractivity contribution in [2.24, 2.45) is 0 Å². The average Bonchev–Trinajstić information content (AvgIpc) is 2.66. The minimum absolute atomic E-state index is 0.0825. The van der Waals surface area contributed by atoms with E-state index in [-0.39, 0.29) is 5.91 Å². The van der Waals surface area contributed by atoms with Crippen molar-refractivity contribution in [1.82, 2.24) is 4.90 Å². The number of hydrogen-bond donors (Lipinski definition) is 0. The predicted octanol–water partition coefficient (Wildman–Crippen LogP) is 3.58. The topological polar surface area (TPSA) is 42.0 Å². The maximum atomic E-state index is 12.5. The first kappa shape index (κ1) is 19.6. The molecule has 0 fully saturated rings. The van der Waals surface area contributed by atoms with Gasteiger partial charge < -0.3 is 19.3 Å². The Morgan fingerprint density at radius 3 is 2.23 bits per heavy atom. The van der Waals surface area contributed by atoms with Gasteiger partial charge in [0.05, 0.1) is 20.1 Å². The molecule has 0 unspecified atom stereocenters. The van der Waals surface area contributed by atoms with Gasteiger partial charge in [0.25, 0.3) is 0 Å². The highest BCUT2D eigenvalue weighted by Gasteiger charge is 2.13. The van der Waals surface area contributed by atoms with Crippen molar-refractivity contribution in [3.05, 3.63) is 54.1 Å². The molecule has 5 heteroatoms. The van der Waals surface area contributed by atoms with Gasteiger partial charge in [0.2, 0.25) is 5.91 Å². The molecule has 26 heavy (non-hydrogen) atoms. The molecule has 0 saturated heterocycles. The van der Waals surface area contributed by atoms with E-state index in [0.717, 1.165) is 11.3 Å². The fraction of sp³-hybridized carbons (Fsp3) is 0.381. The fourth-order valence-corrected chi connectivity index (χ4v) is 2.64. The van der Waals surface area contributed by atoms with Gasteiger partial charge in [-0.1, -0.05) is 24.3 Å². The summed E-state index contributed by atoms with van der Waals surface area (Å²) in [7, 11) is 5.63. The monoisotopic (exact) mass is 356 g/mol. The molecule has 0 spiro atoms. The third-order valence-electron chi connectivity index (χ3n) is 4.20. The molecule has 0 saturated carbocycles. The van der Waals surface area contributed by atoms with E-state index in [9.17, 15) is 4.79 Å². The van der Waals surface area contributed by atoms with Gasteiger partial charge in [-0.15, -0.1) is 0 Å². The van der Waals surface area contributed by atoms with Gasteiger partial charge in [-0.05, 0) is 36.8 Å². The number of carbonyl (C=O) groups excluding carboxylic acids is 1. The number of benzene rings is 2. The summed E-state index contributed by atoms with van der Waals surface area (Å²) in [5.41, 5.74) is 2.27. The number of para-hydroxylation sites is 2. The highest BCUT2D eigenvalue weighted by atomic mass is 16.5. The Bertz CT molecular complexity index is 699. The molecule has 0 atom stereocenters. The quantitative estimate of drug-likeness (QED) is 0.689. The molecule has 0 aliphatic carbocycles. The summed E-state index contributed by atoms with van der Waals surface area (Å²) >= 11 is 0. The van der Waals surface area contributed by atoms with E-state index in [1.165, 1.54) is 0 Å². The van der Waals surface area contributed by atoms with Crippen LogP contribution in [0.15, 0.2) is 48.5 Å². The molecule has 0 aliphatic heterocycles. The van der Waals surface area contributed by atoms with Crippen molar-refractivity contribution >= 4 is 11.6 Å². The molecule has 2 aromatic carbocycles. The van der Waals surface area contributed by atoms with Gasteiger partial charge in [-0.2, -0.15) is 0 Å². The van der Waals surface area contributed by atoms with Gasteiger partial charge >= 0.3 is 0 Å². The highest BCUT2D eigenvalue weighted by Crippen LogP contribution is 2.25. The summed E-state index contributed by atoms with van der Waals surface area (Å²) < 4.78 is 11.0. The molecule has 2 aromatic rings. The minimum atomic E-state index is 0.0825. The predicted molar refractivity (Wildman–Crippen MR) is 105 cm³/mol. The van der Waals surface area contributed by atoms with Gasteiger partial charge in [0.15, 0.2) is 11.5 Å². The molecular weight excluding hydrogens is 328 g/mol. The van der Waals surface area contributed by atoms with Crippen molar-refractivity contribution in [2.75, 3.05) is 39.3 Å². The summed E-state index contributed by atoms with van der Waals surface area (Å²) in [5.74, 6) is 1.41. The molecule has 0 bridgehead atoms. The lowest BCUT2D eigenvalue weighted by Gasteiger charge is -2.22. The first-order valence-electron chi connectivity index (χ1n) is 8.85. The lowest BCUT2D eigenvalue weighted by atomic mass is 10.2. The largest absolute Gasteiger partial charge is 0.493 e. The van der Waals surface area contributed by atoms with Crippen LogP contribution < -0.4 is 14.4 Å². The summed E-state index contributed by atoms with van der Waals surface area (Å²) in [6.07, 6.45) is 0.335. The smallest absolute Gasteiger partial charge is 0.226 e. The lowest BCUT2D eigenvalue weighted by molar-refractivity contribution is -0.132. The van der Waals surface area contributed by atoms with Crippen molar-refractivity contribution in [2.45, 2.75) is 19.9 Å². The SMILES string of the molecule is CCN(Cc1ccc(N(C)C)cc1)C(=O)CCOc1ccccc1OC. The molecule has 2 rings (SSSR count). The Labute approximate surface area is 156 Å². The second-order valence-electron chi connectivity index (χ2n) is 6.22. The molecule has 5 nitrogen and oxygen atoms in total. The van der Waals surface area contributed by atoms with Crippen molar-refractivity contribution < 1.29 is 14.3 Å². The number of methoxy groups -OCH3 is 1. The second kappa shape index (κ2) is 9.70. The summed E-state index contributed by atoms with van der Waals surface area (Å²) in [5, 5.41) is 0. The standard InChI is InChI=1S/C21H28N2O3/c1-5-23(16-17-10-12-18(13-11-17)22(2)3)21(24)14-15-26-20-9-7-6-8-19(20)25-4/h6-13H,5,14-16H2,1-4H3. The Balaban J connectivity index is 1.88. The lowest BCUT2D eigenvalue weighted by Crippen LogP contribution is -2.31. The molecular formula is C21H28N2O3. The third-order valence-corrected chi connectivity index (χ3v) is 4.20.